The number of aromatic nitrogens is 6. The van der Waals surface area contributed by atoms with Crippen molar-refractivity contribution in [1.29, 1.82) is 5.26 Å². The second-order valence-electron chi connectivity index (χ2n) is 11.6. The first-order valence-corrected chi connectivity index (χ1v) is 17.8. The molecule has 1 aliphatic heterocycles. The average molecular weight is 597 g/mol. The number of hydrogen-bond acceptors (Lipinski definition) is 8. The molecule has 1 saturated heterocycles. The van der Waals surface area contributed by atoms with E-state index >= 15 is 0 Å². The molecule has 0 aromatic carbocycles. The molecule has 0 saturated carbocycles. The monoisotopic (exact) mass is 596 g/mol. The van der Waals surface area contributed by atoms with E-state index in [2.05, 4.69) is 45.8 Å². The van der Waals surface area contributed by atoms with Crippen LogP contribution in [0.5, 0.6) is 0 Å². The van der Waals surface area contributed by atoms with Crippen LogP contribution in [0, 0.1) is 23.1 Å². The van der Waals surface area contributed by atoms with Crippen LogP contribution in [-0.2, 0) is 18.1 Å². The summed E-state index contributed by atoms with van der Waals surface area (Å²) in [6.07, 6.45) is 8.17. The average Bonchev–Trinajstić information content (AvgIpc) is 3.70. The fourth-order valence-electron chi connectivity index (χ4n) is 5.21. The third kappa shape index (κ3) is 6.43. The maximum absolute atomic E-state index is 14.8. The molecule has 10 nitrogen and oxygen atoms in total. The van der Waals surface area contributed by atoms with E-state index in [9.17, 15) is 14.8 Å². The van der Waals surface area contributed by atoms with Gasteiger partial charge in [-0.1, -0.05) is 31.2 Å². The molecule has 5 heterocycles. The van der Waals surface area contributed by atoms with Gasteiger partial charge in [0.05, 0.1) is 37.0 Å². The molecule has 5 rings (SSSR count). The minimum Gasteiger partial charge on any atom is -0.392 e. The van der Waals surface area contributed by atoms with Crippen molar-refractivity contribution in [2.75, 3.05) is 24.6 Å². The normalized spacial score (nSPS) is 16.4. The minimum atomic E-state index is -1.16. The molecule has 1 N–H and O–H groups in total. The van der Waals surface area contributed by atoms with Crippen molar-refractivity contribution in [2.45, 2.75) is 57.9 Å². The first-order valence-electron chi connectivity index (χ1n) is 13.7. The van der Waals surface area contributed by atoms with Crippen LogP contribution in [0.4, 0.5) is 10.2 Å². The Morgan fingerprint density at radius 2 is 2.15 bits per heavy atom. The van der Waals surface area contributed by atoms with Gasteiger partial charge >= 0.3 is 0 Å². The van der Waals surface area contributed by atoms with Crippen molar-refractivity contribution in [2.24, 2.45) is 5.92 Å². The Morgan fingerprint density at radius 3 is 2.90 bits per heavy atom. The van der Waals surface area contributed by atoms with E-state index in [1.165, 1.54) is 6.07 Å². The predicted octanol–water partition coefficient (Wildman–Crippen LogP) is 5.27. The second-order valence-corrected chi connectivity index (χ2v) is 17.6. The highest BCUT2D eigenvalue weighted by Crippen LogP contribution is 2.35. The van der Waals surface area contributed by atoms with E-state index in [4.69, 9.17) is 16.3 Å². The molecule has 41 heavy (non-hydrogen) atoms. The van der Waals surface area contributed by atoms with Crippen LogP contribution in [0.15, 0.2) is 37.1 Å². The molecule has 1 fully saturated rings. The number of aliphatic hydroxyl groups is 1. The Hall–Kier alpha value is -3.37. The summed E-state index contributed by atoms with van der Waals surface area (Å²) in [5.41, 5.74) is 2.62. The molecule has 0 amide bonds. The van der Waals surface area contributed by atoms with Crippen molar-refractivity contribution in [3.05, 3.63) is 53.6 Å². The van der Waals surface area contributed by atoms with Crippen LogP contribution in [-0.4, -0.2) is 62.2 Å². The number of rotatable bonds is 11. The van der Waals surface area contributed by atoms with E-state index in [-0.39, 0.29) is 41.5 Å². The molecule has 1 aliphatic rings. The number of hydrogen-bond donors (Lipinski definition) is 1. The minimum absolute atomic E-state index is 0.0414. The maximum atomic E-state index is 14.8. The van der Waals surface area contributed by atoms with Gasteiger partial charge in [0.2, 0.25) is 0 Å². The Labute approximate surface area is 244 Å². The molecule has 4 aromatic heterocycles. The topological polar surface area (TPSA) is 118 Å². The lowest BCUT2D eigenvalue weighted by Crippen LogP contribution is -2.26. The highest BCUT2D eigenvalue weighted by atomic mass is 35.5. The zero-order valence-electron chi connectivity index (χ0n) is 23.5. The molecule has 0 radical (unpaired) electrons. The fourth-order valence-corrected chi connectivity index (χ4v) is 6.16. The molecule has 2 atom stereocenters. The zero-order valence-corrected chi connectivity index (χ0v) is 25.2. The van der Waals surface area contributed by atoms with Crippen LogP contribution < -0.4 is 4.90 Å². The van der Waals surface area contributed by atoms with Gasteiger partial charge in [-0.2, -0.15) is 10.4 Å². The summed E-state index contributed by atoms with van der Waals surface area (Å²) in [4.78, 5) is 15.1. The number of ether oxygens (including phenoxy) is 1. The highest BCUT2D eigenvalue weighted by Gasteiger charge is 2.33. The summed E-state index contributed by atoms with van der Waals surface area (Å²) in [5.74, 6) is -0.331. The van der Waals surface area contributed by atoms with Gasteiger partial charge in [0.15, 0.2) is 11.6 Å². The van der Waals surface area contributed by atoms with Gasteiger partial charge in [0.1, 0.15) is 23.9 Å². The van der Waals surface area contributed by atoms with Gasteiger partial charge in [-0.25, -0.2) is 19.3 Å². The third-order valence-electron chi connectivity index (χ3n) is 7.52. The van der Waals surface area contributed by atoms with E-state index in [0.717, 1.165) is 41.4 Å². The summed E-state index contributed by atoms with van der Waals surface area (Å²) in [7, 11) is -1.16. The van der Waals surface area contributed by atoms with E-state index in [1.807, 2.05) is 32.6 Å². The number of fused-ring (bicyclic) bond motifs is 1. The second kappa shape index (κ2) is 12.2. The molecular weight excluding hydrogens is 563 g/mol. The maximum Gasteiger partial charge on any atom is 0.166 e. The van der Waals surface area contributed by atoms with Gasteiger partial charge in [0.25, 0.3) is 0 Å². The number of halogens is 2. The number of nitrogens with zero attached hydrogens (tertiary/aromatic N) is 8. The molecule has 0 aliphatic carbocycles. The molecule has 0 spiro atoms. The first kappa shape index (κ1) is 29.1. The van der Waals surface area contributed by atoms with Crippen LogP contribution in [0.25, 0.3) is 22.3 Å². The predicted molar refractivity (Wildman–Crippen MR) is 158 cm³/mol. The Kier molecular flexibility index (Phi) is 8.70. The lowest BCUT2D eigenvalue weighted by molar-refractivity contribution is 0.0899. The quantitative estimate of drug-likeness (QED) is 0.141. The number of pyridine rings is 1. The largest absolute Gasteiger partial charge is 0.392 e. The Morgan fingerprint density at radius 1 is 1.32 bits per heavy atom. The van der Waals surface area contributed by atoms with Gasteiger partial charge in [-0.3, -0.25) is 4.68 Å². The summed E-state index contributed by atoms with van der Waals surface area (Å²) in [5, 5.41) is 24.6. The molecule has 216 valence electrons. The Bertz CT molecular complexity index is 1560. The van der Waals surface area contributed by atoms with E-state index < -0.39 is 13.9 Å². The van der Waals surface area contributed by atoms with Gasteiger partial charge < -0.3 is 19.3 Å². The molecule has 13 heteroatoms. The standard InChI is InChI=1S/C28H34ClFN8O2Si/c1-41(2,3)11-10-40-18-37-9-6-22-25(32-17-33-27(22)37)21-13-34-38(15-21)24(4-7-31)19-5-8-36(14-19)28-23(30)12-20(16-39)26(29)35-28/h6,9,12-13,15,17,19,24,39H,4-5,8,10-11,14,16,18H2,1-3H3/t19-,24-/m0/s1. The summed E-state index contributed by atoms with van der Waals surface area (Å²) < 4.78 is 24.5. The van der Waals surface area contributed by atoms with Gasteiger partial charge in [0, 0.05) is 62.6 Å². The molecule has 0 unspecified atom stereocenters. The third-order valence-corrected chi connectivity index (χ3v) is 9.55. The van der Waals surface area contributed by atoms with Crippen LogP contribution in [0.1, 0.15) is 24.4 Å². The molecule has 4 aromatic rings. The SMILES string of the molecule is C[Si](C)(C)CCOCn1ccc2c(-c3cnn([C@@H](CC#N)[C@H]4CCN(c5nc(Cl)c(CO)cc5F)C4)c3)ncnc21. The van der Waals surface area contributed by atoms with Crippen LogP contribution >= 0.6 is 11.6 Å². The smallest absolute Gasteiger partial charge is 0.166 e. The summed E-state index contributed by atoms with van der Waals surface area (Å²) in [6, 6.07) is 6.39. The van der Waals surface area contributed by atoms with Crippen molar-refractivity contribution in [1.82, 2.24) is 29.3 Å². The lowest BCUT2D eigenvalue weighted by Gasteiger charge is -2.23. The molecule has 0 bridgehead atoms. The summed E-state index contributed by atoms with van der Waals surface area (Å²) >= 11 is 6.14. The first-order chi connectivity index (χ1) is 19.7. The zero-order chi connectivity index (χ0) is 29.1. The van der Waals surface area contributed by atoms with Gasteiger partial charge in [-0.05, 0) is 24.6 Å². The number of nitriles is 1. The van der Waals surface area contributed by atoms with Crippen molar-refractivity contribution in [3.63, 3.8) is 0 Å². The van der Waals surface area contributed by atoms with Crippen molar-refractivity contribution in [3.8, 4) is 17.3 Å². The lowest BCUT2D eigenvalue weighted by atomic mass is 9.96. The van der Waals surface area contributed by atoms with Crippen LogP contribution in [0.2, 0.25) is 30.8 Å². The van der Waals surface area contributed by atoms with Crippen LogP contribution in [0.3, 0.4) is 0 Å². The van der Waals surface area contributed by atoms with E-state index in [0.29, 0.717) is 19.8 Å². The fraction of sp³-hybridized carbons (Fsp3) is 0.464. The highest BCUT2D eigenvalue weighted by molar-refractivity contribution is 6.76. The summed E-state index contributed by atoms with van der Waals surface area (Å²) in [6.45, 7) is 8.82. The number of aliphatic hydroxyl groups excluding tert-OH is 1. The van der Waals surface area contributed by atoms with Gasteiger partial charge in [-0.15, -0.1) is 0 Å². The van der Waals surface area contributed by atoms with E-state index in [1.54, 1.807) is 12.5 Å². The number of anilines is 1. The van der Waals surface area contributed by atoms with Crippen molar-refractivity contribution >= 4 is 36.5 Å². The Balaban J connectivity index is 1.33. The molecular formula is C28H34ClFN8O2Si. The van der Waals surface area contributed by atoms with Crippen molar-refractivity contribution < 1.29 is 14.2 Å².